The van der Waals surface area contributed by atoms with Gasteiger partial charge in [0.15, 0.2) is 5.96 Å². The van der Waals surface area contributed by atoms with Crippen molar-refractivity contribution in [3.05, 3.63) is 35.6 Å². The summed E-state index contributed by atoms with van der Waals surface area (Å²) < 4.78 is 19.0. The second-order valence-electron chi connectivity index (χ2n) is 5.88. The van der Waals surface area contributed by atoms with Crippen LogP contribution >= 0.6 is 0 Å². The van der Waals surface area contributed by atoms with Crippen LogP contribution in [0.1, 0.15) is 44.6 Å². The maximum Gasteiger partial charge on any atom is 0.191 e. The average Bonchev–Trinajstić information content (AvgIpc) is 3.05. The van der Waals surface area contributed by atoms with E-state index in [0.717, 1.165) is 37.6 Å². The molecular weight excluding hydrogens is 293 g/mol. The van der Waals surface area contributed by atoms with Crippen molar-refractivity contribution in [2.24, 2.45) is 4.99 Å². The van der Waals surface area contributed by atoms with E-state index in [0.29, 0.717) is 12.6 Å². The number of nitrogens with one attached hydrogen (secondary N) is 2. The van der Waals surface area contributed by atoms with E-state index in [1.165, 1.54) is 37.8 Å². The number of aliphatic imine (C=N–C) groups is 1. The topological polar surface area (TPSA) is 45.7 Å². The maximum absolute atomic E-state index is 13.2. The molecule has 0 heterocycles. The van der Waals surface area contributed by atoms with Crippen molar-refractivity contribution in [3.63, 3.8) is 0 Å². The van der Waals surface area contributed by atoms with Crippen LogP contribution in [0.25, 0.3) is 0 Å². The number of ether oxygens (including phenoxy) is 1. The molecule has 0 atom stereocenters. The van der Waals surface area contributed by atoms with Gasteiger partial charge in [0, 0.05) is 19.7 Å². The van der Waals surface area contributed by atoms with Gasteiger partial charge in [-0.05, 0) is 43.9 Å². The summed E-state index contributed by atoms with van der Waals surface area (Å²) in [6.45, 7) is 4.91. The molecule has 0 spiro atoms. The summed E-state index contributed by atoms with van der Waals surface area (Å²) in [7, 11) is 0. The standard InChI is InChI=1S/C18H28FN3O/c1-2-20-18(22-14-15-7-5-8-16(19)13-15)21-11-6-12-23-17-9-3-4-10-17/h5,7-8,13,17H,2-4,6,9-12,14H2,1H3,(H2,20,21,22). The monoisotopic (exact) mass is 321 g/mol. The molecule has 128 valence electrons. The molecule has 4 nitrogen and oxygen atoms in total. The Hall–Kier alpha value is -1.62. The number of rotatable bonds is 8. The SMILES string of the molecule is CCNC(=NCc1cccc(F)c1)NCCCOC1CCCC1. The van der Waals surface area contributed by atoms with Crippen LogP contribution in [0.4, 0.5) is 4.39 Å². The summed E-state index contributed by atoms with van der Waals surface area (Å²) in [5, 5.41) is 6.50. The third-order valence-electron chi connectivity index (χ3n) is 3.92. The molecule has 0 amide bonds. The van der Waals surface area contributed by atoms with Gasteiger partial charge in [-0.3, -0.25) is 0 Å². The Morgan fingerprint density at radius 3 is 2.87 bits per heavy atom. The maximum atomic E-state index is 13.2. The van der Waals surface area contributed by atoms with Gasteiger partial charge in [0.2, 0.25) is 0 Å². The molecule has 1 saturated carbocycles. The fraction of sp³-hybridized carbons (Fsp3) is 0.611. The van der Waals surface area contributed by atoms with Crippen LogP contribution in [0, 0.1) is 5.82 Å². The van der Waals surface area contributed by atoms with Crippen molar-refractivity contribution in [1.29, 1.82) is 0 Å². The number of hydrogen-bond donors (Lipinski definition) is 2. The summed E-state index contributed by atoms with van der Waals surface area (Å²) in [5.74, 6) is 0.539. The molecule has 23 heavy (non-hydrogen) atoms. The molecule has 2 N–H and O–H groups in total. The highest BCUT2D eigenvalue weighted by molar-refractivity contribution is 5.79. The molecule has 0 aliphatic heterocycles. The lowest BCUT2D eigenvalue weighted by molar-refractivity contribution is 0.0574. The minimum absolute atomic E-state index is 0.222. The fourth-order valence-corrected chi connectivity index (χ4v) is 2.73. The Morgan fingerprint density at radius 1 is 1.30 bits per heavy atom. The predicted molar refractivity (Wildman–Crippen MR) is 92.0 cm³/mol. The first-order valence-electron chi connectivity index (χ1n) is 8.66. The van der Waals surface area contributed by atoms with Crippen LogP contribution in [0.15, 0.2) is 29.3 Å². The smallest absolute Gasteiger partial charge is 0.191 e. The fourth-order valence-electron chi connectivity index (χ4n) is 2.73. The minimum atomic E-state index is -0.222. The molecule has 0 aromatic heterocycles. The van der Waals surface area contributed by atoms with E-state index in [1.807, 2.05) is 13.0 Å². The first kappa shape index (κ1) is 17.7. The number of benzene rings is 1. The summed E-state index contributed by atoms with van der Waals surface area (Å²) in [4.78, 5) is 4.49. The minimum Gasteiger partial charge on any atom is -0.378 e. The van der Waals surface area contributed by atoms with Gasteiger partial charge in [-0.2, -0.15) is 0 Å². The average molecular weight is 321 g/mol. The van der Waals surface area contributed by atoms with Gasteiger partial charge in [0.05, 0.1) is 12.6 Å². The van der Waals surface area contributed by atoms with Crippen LogP contribution in [0.2, 0.25) is 0 Å². The van der Waals surface area contributed by atoms with E-state index in [1.54, 1.807) is 6.07 Å². The first-order chi connectivity index (χ1) is 11.3. The van der Waals surface area contributed by atoms with E-state index in [2.05, 4.69) is 15.6 Å². The van der Waals surface area contributed by atoms with Crippen molar-refractivity contribution < 1.29 is 9.13 Å². The number of guanidine groups is 1. The number of nitrogens with zero attached hydrogens (tertiary/aromatic N) is 1. The number of halogens is 1. The first-order valence-corrected chi connectivity index (χ1v) is 8.66. The summed E-state index contributed by atoms with van der Waals surface area (Å²) in [5.41, 5.74) is 0.867. The predicted octanol–water partition coefficient (Wildman–Crippen LogP) is 3.23. The van der Waals surface area contributed by atoms with Gasteiger partial charge in [-0.25, -0.2) is 9.38 Å². The summed E-state index contributed by atoms with van der Waals surface area (Å²) in [6.07, 6.45) is 6.47. The highest BCUT2D eigenvalue weighted by Crippen LogP contribution is 2.20. The molecule has 5 heteroatoms. The summed E-state index contributed by atoms with van der Waals surface area (Å²) in [6, 6.07) is 6.55. The van der Waals surface area contributed by atoms with Gasteiger partial charge in [0.1, 0.15) is 5.82 Å². The second kappa shape index (κ2) is 10.2. The van der Waals surface area contributed by atoms with Crippen LogP contribution in [-0.2, 0) is 11.3 Å². The van der Waals surface area contributed by atoms with Crippen LogP contribution in [0.5, 0.6) is 0 Å². The highest BCUT2D eigenvalue weighted by Gasteiger charge is 2.14. The van der Waals surface area contributed by atoms with Gasteiger partial charge in [-0.15, -0.1) is 0 Å². The van der Waals surface area contributed by atoms with E-state index in [-0.39, 0.29) is 5.82 Å². The van der Waals surface area contributed by atoms with Gasteiger partial charge < -0.3 is 15.4 Å². The van der Waals surface area contributed by atoms with Crippen LogP contribution in [-0.4, -0.2) is 31.8 Å². The molecule has 0 bridgehead atoms. The molecule has 1 aromatic carbocycles. The molecular formula is C18H28FN3O. The molecule has 2 rings (SSSR count). The molecule has 0 saturated heterocycles. The lowest BCUT2D eigenvalue weighted by Crippen LogP contribution is -2.38. The van der Waals surface area contributed by atoms with Gasteiger partial charge in [0.25, 0.3) is 0 Å². The van der Waals surface area contributed by atoms with Crippen LogP contribution in [0.3, 0.4) is 0 Å². The lowest BCUT2D eigenvalue weighted by atomic mass is 10.2. The third kappa shape index (κ3) is 6.99. The van der Waals surface area contributed by atoms with Crippen molar-refractivity contribution in [3.8, 4) is 0 Å². The largest absolute Gasteiger partial charge is 0.378 e. The highest BCUT2D eigenvalue weighted by atomic mass is 19.1. The van der Waals surface area contributed by atoms with E-state index in [9.17, 15) is 4.39 Å². The molecule has 1 aliphatic carbocycles. The van der Waals surface area contributed by atoms with E-state index in [4.69, 9.17) is 4.74 Å². The normalized spacial score (nSPS) is 15.8. The van der Waals surface area contributed by atoms with Crippen LogP contribution < -0.4 is 10.6 Å². The quantitative estimate of drug-likeness (QED) is 0.439. The van der Waals surface area contributed by atoms with Crippen molar-refractivity contribution in [1.82, 2.24) is 10.6 Å². The van der Waals surface area contributed by atoms with Gasteiger partial charge in [-0.1, -0.05) is 25.0 Å². The Bertz CT molecular complexity index is 487. The summed E-state index contributed by atoms with van der Waals surface area (Å²) >= 11 is 0. The Kier molecular flexibility index (Phi) is 7.87. The Morgan fingerprint density at radius 2 is 2.13 bits per heavy atom. The Labute approximate surface area is 138 Å². The zero-order chi connectivity index (χ0) is 16.3. The molecule has 0 radical (unpaired) electrons. The van der Waals surface area contributed by atoms with E-state index >= 15 is 0 Å². The molecule has 1 fully saturated rings. The zero-order valence-corrected chi connectivity index (χ0v) is 14.0. The van der Waals surface area contributed by atoms with Crippen molar-refractivity contribution in [2.75, 3.05) is 19.7 Å². The van der Waals surface area contributed by atoms with Crippen molar-refractivity contribution >= 4 is 5.96 Å². The molecule has 1 aliphatic rings. The number of hydrogen-bond acceptors (Lipinski definition) is 2. The van der Waals surface area contributed by atoms with Crippen molar-refractivity contribution in [2.45, 2.75) is 51.7 Å². The molecule has 1 aromatic rings. The second-order valence-corrected chi connectivity index (χ2v) is 5.88. The van der Waals surface area contributed by atoms with E-state index < -0.39 is 0 Å². The molecule has 0 unspecified atom stereocenters. The lowest BCUT2D eigenvalue weighted by Gasteiger charge is -2.13. The zero-order valence-electron chi connectivity index (χ0n) is 14.0. The Balaban J connectivity index is 1.68. The third-order valence-corrected chi connectivity index (χ3v) is 3.92. The van der Waals surface area contributed by atoms with Gasteiger partial charge >= 0.3 is 0 Å².